The van der Waals surface area contributed by atoms with Crippen molar-refractivity contribution in [2.75, 3.05) is 16.0 Å². The Morgan fingerprint density at radius 3 is 2.00 bits per heavy atom. The van der Waals surface area contributed by atoms with E-state index in [1.807, 2.05) is 19.9 Å². The Labute approximate surface area is 150 Å². The van der Waals surface area contributed by atoms with Gasteiger partial charge >= 0.3 is 6.03 Å². The first kappa shape index (κ1) is 17.3. The van der Waals surface area contributed by atoms with Gasteiger partial charge in [0.05, 0.1) is 22.4 Å². The molecule has 0 aliphatic heterocycles. The SMILES string of the molecule is CC(=O)Nc1cccc(NC(=O)Nc2ccc3nc(C)c(C)nc3c2)c1. The molecule has 0 saturated carbocycles. The third kappa shape index (κ3) is 4.13. The molecule has 1 heterocycles. The van der Waals surface area contributed by atoms with Gasteiger partial charge in [0, 0.05) is 24.0 Å². The van der Waals surface area contributed by atoms with Crippen molar-refractivity contribution in [1.29, 1.82) is 0 Å². The summed E-state index contributed by atoms with van der Waals surface area (Å²) in [6.45, 7) is 5.24. The number of hydrogen-bond donors (Lipinski definition) is 3. The number of rotatable bonds is 3. The van der Waals surface area contributed by atoms with Crippen LogP contribution in [0.3, 0.4) is 0 Å². The summed E-state index contributed by atoms with van der Waals surface area (Å²) in [7, 11) is 0. The van der Waals surface area contributed by atoms with Crippen LogP contribution in [0.1, 0.15) is 18.3 Å². The lowest BCUT2D eigenvalue weighted by molar-refractivity contribution is -0.114. The van der Waals surface area contributed by atoms with Crippen LogP contribution in [0.25, 0.3) is 11.0 Å². The molecule has 7 nitrogen and oxygen atoms in total. The summed E-state index contributed by atoms with van der Waals surface area (Å²) in [6, 6.07) is 11.9. The summed E-state index contributed by atoms with van der Waals surface area (Å²) in [5, 5.41) is 8.18. The van der Waals surface area contributed by atoms with Gasteiger partial charge in [-0.1, -0.05) is 6.07 Å². The molecule has 0 atom stereocenters. The molecule has 0 bridgehead atoms. The molecule has 3 aromatic rings. The van der Waals surface area contributed by atoms with Crippen molar-refractivity contribution in [2.45, 2.75) is 20.8 Å². The van der Waals surface area contributed by atoms with Gasteiger partial charge in [-0.15, -0.1) is 0 Å². The second-order valence-electron chi connectivity index (χ2n) is 5.94. The number of anilines is 3. The lowest BCUT2D eigenvalue weighted by atomic mass is 10.2. The van der Waals surface area contributed by atoms with Gasteiger partial charge in [-0.25, -0.2) is 14.8 Å². The predicted molar refractivity (Wildman–Crippen MR) is 102 cm³/mol. The van der Waals surface area contributed by atoms with Crippen LogP contribution in [0.5, 0.6) is 0 Å². The van der Waals surface area contributed by atoms with E-state index in [0.29, 0.717) is 17.1 Å². The first-order valence-electron chi connectivity index (χ1n) is 8.11. The van der Waals surface area contributed by atoms with E-state index >= 15 is 0 Å². The fraction of sp³-hybridized carbons (Fsp3) is 0.158. The number of hydrogen-bond acceptors (Lipinski definition) is 4. The average molecular weight is 349 g/mol. The number of aromatic nitrogens is 2. The summed E-state index contributed by atoms with van der Waals surface area (Å²) in [5.74, 6) is -0.172. The fourth-order valence-electron chi connectivity index (χ4n) is 2.48. The molecular formula is C19H19N5O2. The van der Waals surface area contributed by atoms with Crippen LogP contribution in [0.2, 0.25) is 0 Å². The Morgan fingerprint density at radius 2 is 1.35 bits per heavy atom. The first-order valence-corrected chi connectivity index (χ1v) is 8.11. The number of benzene rings is 2. The minimum atomic E-state index is -0.388. The summed E-state index contributed by atoms with van der Waals surface area (Å²) >= 11 is 0. The third-order valence-electron chi connectivity index (χ3n) is 3.77. The minimum absolute atomic E-state index is 0.172. The van der Waals surface area contributed by atoms with Crippen molar-refractivity contribution >= 4 is 40.0 Å². The van der Waals surface area contributed by atoms with Crippen LogP contribution in [-0.4, -0.2) is 21.9 Å². The van der Waals surface area contributed by atoms with Gasteiger partial charge in [-0.05, 0) is 50.2 Å². The van der Waals surface area contributed by atoms with Crippen molar-refractivity contribution in [2.24, 2.45) is 0 Å². The monoisotopic (exact) mass is 349 g/mol. The van der Waals surface area contributed by atoms with E-state index in [-0.39, 0.29) is 11.9 Å². The van der Waals surface area contributed by atoms with Crippen molar-refractivity contribution in [3.63, 3.8) is 0 Å². The molecular weight excluding hydrogens is 330 g/mol. The van der Waals surface area contributed by atoms with Gasteiger partial charge in [0.2, 0.25) is 5.91 Å². The summed E-state index contributed by atoms with van der Waals surface area (Å²) in [5.41, 5.74) is 5.04. The number of nitrogens with zero attached hydrogens (tertiary/aromatic N) is 2. The molecule has 1 aromatic heterocycles. The Hall–Kier alpha value is -3.48. The molecule has 3 amide bonds. The maximum absolute atomic E-state index is 12.2. The molecule has 0 aliphatic carbocycles. The average Bonchev–Trinajstić information content (AvgIpc) is 2.56. The van der Waals surface area contributed by atoms with Gasteiger partial charge in [-0.2, -0.15) is 0 Å². The highest BCUT2D eigenvalue weighted by atomic mass is 16.2. The van der Waals surface area contributed by atoms with E-state index in [2.05, 4.69) is 25.9 Å². The third-order valence-corrected chi connectivity index (χ3v) is 3.77. The minimum Gasteiger partial charge on any atom is -0.326 e. The van der Waals surface area contributed by atoms with Crippen LogP contribution in [0.15, 0.2) is 42.5 Å². The van der Waals surface area contributed by atoms with Crippen LogP contribution in [0, 0.1) is 13.8 Å². The van der Waals surface area contributed by atoms with E-state index in [0.717, 1.165) is 22.4 Å². The number of nitrogens with one attached hydrogen (secondary N) is 3. The molecule has 0 unspecified atom stereocenters. The second kappa shape index (κ2) is 7.18. The van der Waals surface area contributed by atoms with E-state index < -0.39 is 0 Å². The van der Waals surface area contributed by atoms with Gasteiger partial charge < -0.3 is 16.0 Å². The number of aryl methyl sites for hydroxylation is 2. The van der Waals surface area contributed by atoms with Crippen LogP contribution >= 0.6 is 0 Å². The van der Waals surface area contributed by atoms with Gasteiger partial charge in [0.15, 0.2) is 0 Å². The molecule has 132 valence electrons. The largest absolute Gasteiger partial charge is 0.326 e. The van der Waals surface area contributed by atoms with Crippen LogP contribution in [0.4, 0.5) is 21.9 Å². The number of amides is 3. The number of carbonyl (C=O) groups is 2. The molecule has 0 aliphatic rings. The molecule has 0 saturated heterocycles. The zero-order chi connectivity index (χ0) is 18.7. The molecule has 26 heavy (non-hydrogen) atoms. The molecule has 3 rings (SSSR count). The van der Waals surface area contributed by atoms with E-state index in [1.54, 1.807) is 36.4 Å². The van der Waals surface area contributed by atoms with Gasteiger partial charge in [0.25, 0.3) is 0 Å². The Bertz CT molecular complexity index is 1000. The molecule has 0 fully saturated rings. The molecule has 0 spiro atoms. The van der Waals surface area contributed by atoms with E-state index in [9.17, 15) is 9.59 Å². The lowest BCUT2D eigenvalue weighted by Gasteiger charge is -2.10. The normalized spacial score (nSPS) is 10.4. The summed E-state index contributed by atoms with van der Waals surface area (Å²) in [6.07, 6.45) is 0. The van der Waals surface area contributed by atoms with Crippen molar-refractivity contribution in [1.82, 2.24) is 9.97 Å². The molecule has 2 aromatic carbocycles. The zero-order valence-corrected chi connectivity index (χ0v) is 14.8. The topological polar surface area (TPSA) is 96.0 Å². The quantitative estimate of drug-likeness (QED) is 0.669. The number of carbonyl (C=O) groups excluding carboxylic acids is 2. The maximum Gasteiger partial charge on any atom is 0.323 e. The summed E-state index contributed by atoms with van der Waals surface area (Å²) < 4.78 is 0. The van der Waals surface area contributed by atoms with E-state index in [4.69, 9.17) is 0 Å². The second-order valence-corrected chi connectivity index (χ2v) is 5.94. The number of urea groups is 1. The van der Waals surface area contributed by atoms with E-state index in [1.165, 1.54) is 6.92 Å². The Morgan fingerprint density at radius 1 is 0.769 bits per heavy atom. The Balaban J connectivity index is 1.73. The van der Waals surface area contributed by atoms with Crippen LogP contribution in [-0.2, 0) is 4.79 Å². The van der Waals surface area contributed by atoms with Crippen molar-refractivity contribution < 1.29 is 9.59 Å². The highest BCUT2D eigenvalue weighted by molar-refractivity contribution is 6.01. The van der Waals surface area contributed by atoms with Gasteiger partial charge in [-0.3, -0.25) is 4.79 Å². The van der Waals surface area contributed by atoms with Crippen LogP contribution < -0.4 is 16.0 Å². The standard InChI is InChI=1S/C19H19N5O2/c1-11-12(2)21-18-10-16(7-8-17(18)20-11)24-19(26)23-15-6-4-5-14(9-15)22-13(3)25/h4-10H,1-3H3,(H,22,25)(H2,23,24,26). The van der Waals surface area contributed by atoms with Gasteiger partial charge in [0.1, 0.15) is 0 Å². The fourth-order valence-corrected chi connectivity index (χ4v) is 2.48. The Kier molecular flexibility index (Phi) is 4.79. The lowest BCUT2D eigenvalue weighted by Crippen LogP contribution is -2.19. The van der Waals surface area contributed by atoms with Crippen molar-refractivity contribution in [3.8, 4) is 0 Å². The molecule has 0 radical (unpaired) electrons. The molecule has 3 N–H and O–H groups in total. The highest BCUT2D eigenvalue weighted by Gasteiger charge is 2.07. The zero-order valence-electron chi connectivity index (χ0n) is 14.8. The first-order chi connectivity index (χ1) is 12.4. The smallest absolute Gasteiger partial charge is 0.323 e. The molecule has 7 heteroatoms. The predicted octanol–water partition coefficient (Wildman–Crippen LogP) is 3.85. The maximum atomic E-state index is 12.2. The number of fused-ring (bicyclic) bond motifs is 1. The summed E-state index contributed by atoms with van der Waals surface area (Å²) in [4.78, 5) is 32.3. The highest BCUT2D eigenvalue weighted by Crippen LogP contribution is 2.19. The van der Waals surface area contributed by atoms with Crippen molar-refractivity contribution in [3.05, 3.63) is 53.9 Å².